The molecule has 3 aromatic rings. The van der Waals surface area contributed by atoms with E-state index in [1.54, 1.807) is 44.4 Å². The highest BCUT2D eigenvalue weighted by Crippen LogP contribution is 2.31. The van der Waals surface area contributed by atoms with Crippen molar-refractivity contribution in [1.29, 1.82) is 0 Å². The monoisotopic (exact) mass is 739 g/mol. The third-order valence-corrected chi connectivity index (χ3v) is 9.60. The second-order valence-electron chi connectivity index (χ2n) is 14.9. The summed E-state index contributed by atoms with van der Waals surface area (Å²) < 4.78 is 0. The van der Waals surface area contributed by atoms with Gasteiger partial charge in [-0.05, 0) is 83.6 Å². The minimum atomic E-state index is -1.34. The first-order valence-electron chi connectivity index (χ1n) is 18.2. The van der Waals surface area contributed by atoms with Gasteiger partial charge in [0.05, 0.1) is 24.5 Å². The molecule has 4 heterocycles. The molecule has 0 unspecified atom stereocenters. The van der Waals surface area contributed by atoms with E-state index in [0.717, 1.165) is 11.3 Å². The number of benzene rings is 1. The van der Waals surface area contributed by atoms with Crippen LogP contribution in [0.5, 0.6) is 0 Å². The number of hydrogen-bond acceptors (Lipinski definition) is 10. The van der Waals surface area contributed by atoms with Crippen molar-refractivity contribution in [2.75, 3.05) is 22.1 Å². The third kappa shape index (κ3) is 9.43. The van der Waals surface area contributed by atoms with Crippen molar-refractivity contribution in [3.05, 3.63) is 65.1 Å². The zero-order valence-electron chi connectivity index (χ0n) is 31.9. The average Bonchev–Trinajstić information content (AvgIpc) is 3.61. The normalized spacial score (nSPS) is 16.0. The molecule has 2 aliphatic rings. The summed E-state index contributed by atoms with van der Waals surface area (Å²) >= 11 is 0. The highest BCUT2D eigenvalue weighted by Gasteiger charge is 2.39. The van der Waals surface area contributed by atoms with Gasteiger partial charge < -0.3 is 20.9 Å². The van der Waals surface area contributed by atoms with Crippen LogP contribution in [0.2, 0.25) is 0 Å². The van der Waals surface area contributed by atoms with E-state index in [1.165, 1.54) is 16.7 Å². The van der Waals surface area contributed by atoms with Gasteiger partial charge in [0.1, 0.15) is 17.4 Å². The zero-order valence-corrected chi connectivity index (χ0v) is 31.9. The number of carbonyl (C=O) groups is 6. The fourth-order valence-corrected chi connectivity index (χ4v) is 6.47. The maximum atomic E-state index is 13.4. The molecule has 2 aromatic heterocycles. The number of nitrogens with zero attached hydrogens (tertiary/aromatic N) is 5. The number of hydrogen-bond donors (Lipinski definition) is 4. The van der Waals surface area contributed by atoms with Crippen molar-refractivity contribution in [3.63, 3.8) is 0 Å². The van der Waals surface area contributed by atoms with E-state index in [1.807, 2.05) is 39.8 Å². The maximum Gasteiger partial charge on any atom is 0.327 e. The minimum Gasteiger partial charge on any atom is -0.344 e. The zero-order chi connectivity index (χ0) is 39.3. The summed E-state index contributed by atoms with van der Waals surface area (Å²) in [6.45, 7) is 12.7. The number of Topliss-reactive ketones (excluding diaryl/α,β-unsaturated/α-hetero) is 2. The first-order chi connectivity index (χ1) is 25.5. The van der Waals surface area contributed by atoms with E-state index < -0.39 is 35.5 Å². The Labute approximate surface area is 315 Å². The van der Waals surface area contributed by atoms with Crippen LogP contribution >= 0.6 is 0 Å². The van der Waals surface area contributed by atoms with Crippen LogP contribution in [0.1, 0.15) is 93.9 Å². The Morgan fingerprint density at radius 2 is 1.78 bits per heavy atom. The third-order valence-electron chi connectivity index (χ3n) is 9.60. The largest absolute Gasteiger partial charge is 0.344 e. The fraction of sp³-hybridized carbons (Fsp3) is 0.462. The number of aromatic nitrogens is 3. The number of amides is 5. The number of aryl methyl sites for hydroxylation is 2. The Balaban J connectivity index is 1.19. The Bertz CT molecular complexity index is 1940. The number of rotatable bonds is 14. The molecule has 0 radical (unpaired) electrons. The molecule has 15 nitrogen and oxygen atoms in total. The van der Waals surface area contributed by atoms with Crippen molar-refractivity contribution in [3.8, 4) is 0 Å². The van der Waals surface area contributed by atoms with Crippen LogP contribution in [0.3, 0.4) is 0 Å². The average molecular weight is 740 g/mol. The Morgan fingerprint density at radius 1 is 1.02 bits per heavy atom. The number of likely N-dealkylation sites (tertiary alicyclic amines) is 1. The summed E-state index contributed by atoms with van der Waals surface area (Å²) in [5, 5.41) is 11.4. The SMILES string of the molecule is CC(=O)[C@H](CC(C)C)NC(=O)C(C)(C)NC(=O)[C@@H]1CCCN1C(=O)CCC(=O)c1ccc(C)c(N2Cc3cnc(Nc4ccc(C)nc4)nc3NC2=O)c1. The molecule has 2 aliphatic heterocycles. The molecule has 15 heteroatoms. The van der Waals surface area contributed by atoms with E-state index in [4.69, 9.17) is 0 Å². The first-order valence-corrected chi connectivity index (χ1v) is 18.2. The van der Waals surface area contributed by atoms with Gasteiger partial charge in [-0.15, -0.1) is 0 Å². The summed E-state index contributed by atoms with van der Waals surface area (Å²) in [6.07, 6.45) is 4.58. The maximum absolute atomic E-state index is 13.4. The molecule has 286 valence electrons. The highest BCUT2D eigenvalue weighted by molar-refractivity contribution is 6.06. The molecule has 54 heavy (non-hydrogen) atoms. The van der Waals surface area contributed by atoms with Gasteiger partial charge in [-0.3, -0.25) is 39.2 Å². The van der Waals surface area contributed by atoms with Crippen LogP contribution in [0.25, 0.3) is 0 Å². The van der Waals surface area contributed by atoms with Crippen molar-refractivity contribution in [1.82, 2.24) is 30.5 Å². The predicted octanol–water partition coefficient (Wildman–Crippen LogP) is 4.75. The van der Waals surface area contributed by atoms with E-state index in [-0.39, 0.29) is 42.8 Å². The smallest absolute Gasteiger partial charge is 0.327 e. The van der Waals surface area contributed by atoms with E-state index in [2.05, 4.69) is 36.2 Å². The second kappa shape index (κ2) is 16.5. The van der Waals surface area contributed by atoms with E-state index >= 15 is 0 Å². The standard InChI is InChI=1S/C39H49N9O6/c1-22(2)17-29(25(5)49)43-36(53)39(6,7)46-35(52)30-9-8-16-47(30)33(51)15-14-32(50)26-12-10-23(3)31(18-26)48-21-27-19-41-37(44-34(27)45-38(48)54)42-28-13-11-24(4)40-20-28/h10-13,18-20,22,29-30H,8-9,14-17,21H2,1-7H3,(H,43,53)(H,46,52)(H2,41,42,44,45,54)/t29-,30-/m0/s1. The number of pyridine rings is 1. The van der Waals surface area contributed by atoms with E-state index in [0.29, 0.717) is 60.1 Å². The molecule has 0 spiro atoms. The molecule has 1 aromatic carbocycles. The summed E-state index contributed by atoms with van der Waals surface area (Å²) in [5.41, 5.74) is 2.57. The highest BCUT2D eigenvalue weighted by atomic mass is 16.2. The van der Waals surface area contributed by atoms with E-state index in [9.17, 15) is 28.8 Å². The quantitative estimate of drug-likeness (QED) is 0.168. The van der Waals surface area contributed by atoms with Crippen LogP contribution in [-0.2, 0) is 25.7 Å². The van der Waals surface area contributed by atoms with Gasteiger partial charge in [0.25, 0.3) is 0 Å². The van der Waals surface area contributed by atoms with Gasteiger partial charge in [0.15, 0.2) is 11.6 Å². The number of anilines is 4. The summed E-state index contributed by atoms with van der Waals surface area (Å²) in [4.78, 5) is 94.8. The molecule has 1 saturated heterocycles. The number of carbonyl (C=O) groups excluding carboxylic acids is 6. The Morgan fingerprint density at radius 3 is 2.46 bits per heavy atom. The molecular weight excluding hydrogens is 690 g/mol. The Hall–Kier alpha value is -5.73. The summed E-state index contributed by atoms with van der Waals surface area (Å²) in [5.74, 6) is -0.895. The lowest BCUT2D eigenvalue weighted by atomic mass is 9.98. The van der Waals surface area contributed by atoms with Gasteiger partial charge in [-0.2, -0.15) is 4.98 Å². The van der Waals surface area contributed by atoms with Crippen LogP contribution < -0.4 is 26.2 Å². The van der Waals surface area contributed by atoms with Gasteiger partial charge in [-0.1, -0.05) is 26.0 Å². The summed E-state index contributed by atoms with van der Waals surface area (Å²) in [7, 11) is 0. The predicted molar refractivity (Wildman–Crippen MR) is 203 cm³/mol. The lowest BCUT2D eigenvalue weighted by Gasteiger charge is -2.31. The van der Waals surface area contributed by atoms with Crippen molar-refractivity contribution in [2.45, 2.75) is 105 Å². The van der Waals surface area contributed by atoms with Crippen molar-refractivity contribution < 1.29 is 28.8 Å². The topological polar surface area (TPSA) is 196 Å². The number of nitrogens with one attached hydrogen (secondary N) is 4. The van der Waals surface area contributed by atoms with Gasteiger partial charge in [0, 0.05) is 48.1 Å². The van der Waals surface area contributed by atoms with Crippen LogP contribution in [0.15, 0.2) is 42.7 Å². The molecule has 0 aliphatic carbocycles. The molecule has 5 amide bonds. The summed E-state index contributed by atoms with van der Waals surface area (Å²) in [6, 6.07) is 6.91. The Kier molecular flexibility index (Phi) is 12.1. The number of ketones is 2. The fourth-order valence-electron chi connectivity index (χ4n) is 6.47. The molecule has 5 rings (SSSR count). The van der Waals surface area contributed by atoms with Gasteiger partial charge in [0.2, 0.25) is 23.7 Å². The first kappa shape index (κ1) is 39.5. The minimum absolute atomic E-state index is 0.0997. The van der Waals surface area contributed by atoms with Crippen LogP contribution in [0, 0.1) is 19.8 Å². The van der Waals surface area contributed by atoms with Crippen molar-refractivity contribution in [2.24, 2.45) is 5.92 Å². The lowest BCUT2D eigenvalue weighted by molar-refractivity contribution is -0.141. The molecule has 0 bridgehead atoms. The lowest BCUT2D eigenvalue weighted by Crippen LogP contribution is -2.60. The molecule has 4 N–H and O–H groups in total. The van der Waals surface area contributed by atoms with Crippen LogP contribution in [0.4, 0.5) is 27.9 Å². The molecular formula is C39H49N9O6. The number of urea groups is 1. The molecule has 0 saturated carbocycles. The molecule has 1 fully saturated rings. The molecule has 2 atom stereocenters. The van der Waals surface area contributed by atoms with Crippen LogP contribution in [-0.4, -0.2) is 79.3 Å². The van der Waals surface area contributed by atoms with Gasteiger partial charge in [-0.25, -0.2) is 9.78 Å². The van der Waals surface area contributed by atoms with Crippen molar-refractivity contribution >= 4 is 58.5 Å². The van der Waals surface area contributed by atoms with Gasteiger partial charge >= 0.3 is 6.03 Å². The number of fused-ring (bicyclic) bond motifs is 1. The second-order valence-corrected chi connectivity index (χ2v) is 14.9.